The fourth-order valence-electron chi connectivity index (χ4n) is 1.70. The van der Waals surface area contributed by atoms with Crippen molar-refractivity contribution in [3.05, 3.63) is 29.8 Å². The lowest BCUT2D eigenvalue weighted by Gasteiger charge is -2.32. The summed E-state index contributed by atoms with van der Waals surface area (Å²) in [5.74, 6) is -0.977. The van der Waals surface area contributed by atoms with Gasteiger partial charge in [0.15, 0.2) is 0 Å². The van der Waals surface area contributed by atoms with E-state index in [-0.39, 0.29) is 5.69 Å². The zero-order valence-corrected chi connectivity index (χ0v) is 10.2. The fraction of sp³-hybridized carbons (Fsp3) is 0.364. The molecule has 0 aromatic carbocycles. The SMILES string of the molecule is O=C(O)C1CSCCN1C(=O)c1ccc(F)cn1. The Balaban J connectivity index is 2.20. The van der Waals surface area contributed by atoms with Gasteiger partial charge in [0, 0.05) is 18.1 Å². The quantitative estimate of drug-likeness (QED) is 0.863. The predicted octanol–water partition coefficient (Wildman–Crippen LogP) is 0.863. The van der Waals surface area contributed by atoms with Crippen LogP contribution in [0.15, 0.2) is 18.3 Å². The van der Waals surface area contributed by atoms with Gasteiger partial charge in [-0.25, -0.2) is 14.2 Å². The van der Waals surface area contributed by atoms with Crippen LogP contribution in [0.2, 0.25) is 0 Å². The molecule has 1 aromatic rings. The number of rotatable bonds is 2. The number of thioether (sulfide) groups is 1. The van der Waals surface area contributed by atoms with E-state index in [1.807, 2.05) is 0 Å². The third-order valence-electron chi connectivity index (χ3n) is 2.62. The van der Waals surface area contributed by atoms with Crippen LogP contribution in [-0.4, -0.2) is 51.0 Å². The number of halogens is 1. The zero-order chi connectivity index (χ0) is 13.1. The summed E-state index contributed by atoms with van der Waals surface area (Å²) in [6, 6.07) is 1.55. The number of carbonyl (C=O) groups excluding carboxylic acids is 1. The van der Waals surface area contributed by atoms with Crippen LogP contribution in [-0.2, 0) is 4.79 Å². The number of aliphatic carboxylic acids is 1. The van der Waals surface area contributed by atoms with Gasteiger partial charge in [-0.05, 0) is 12.1 Å². The molecular weight excluding hydrogens is 259 g/mol. The molecule has 0 radical (unpaired) electrons. The number of carbonyl (C=O) groups is 2. The van der Waals surface area contributed by atoms with Gasteiger partial charge in [-0.3, -0.25) is 4.79 Å². The Morgan fingerprint density at radius 3 is 2.89 bits per heavy atom. The van der Waals surface area contributed by atoms with Gasteiger partial charge in [0.1, 0.15) is 17.6 Å². The van der Waals surface area contributed by atoms with Crippen LogP contribution in [0, 0.1) is 5.82 Å². The van der Waals surface area contributed by atoms with E-state index in [0.29, 0.717) is 18.1 Å². The average molecular weight is 270 g/mol. The zero-order valence-electron chi connectivity index (χ0n) is 9.38. The topological polar surface area (TPSA) is 70.5 Å². The molecule has 5 nitrogen and oxygen atoms in total. The molecule has 1 aromatic heterocycles. The standard InChI is InChI=1S/C11H11FN2O3S/c12-7-1-2-8(13-5-7)10(15)14-3-4-18-6-9(14)11(16)17/h1-2,5,9H,3-4,6H2,(H,16,17). The molecule has 1 saturated heterocycles. The summed E-state index contributed by atoms with van der Waals surface area (Å²) in [6.45, 7) is 0.361. The molecule has 0 aliphatic carbocycles. The Morgan fingerprint density at radius 1 is 1.50 bits per heavy atom. The van der Waals surface area contributed by atoms with Crippen LogP contribution >= 0.6 is 11.8 Å². The minimum absolute atomic E-state index is 0.0644. The van der Waals surface area contributed by atoms with Crippen molar-refractivity contribution in [2.75, 3.05) is 18.1 Å². The smallest absolute Gasteiger partial charge is 0.327 e. The number of aromatic nitrogens is 1. The Hall–Kier alpha value is -1.63. The molecule has 1 N–H and O–H groups in total. The minimum atomic E-state index is -1.03. The van der Waals surface area contributed by atoms with Gasteiger partial charge in [-0.1, -0.05) is 0 Å². The molecule has 0 spiro atoms. The van der Waals surface area contributed by atoms with Gasteiger partial charge >= 0.3 is 5.97 Å². The van der Waals surface area contributed by atoms with Crippen LogP contribution in [0.5, 0.6) is 0 Å². The monoisotopic (exact) mass is 270 g/mol. The van der Waals surface area contributed by atoms with Crippen molar-refractivity contribution in [1.29, 1.82) is 0 Å². The van der Waals surface area contributed by atoms with Gasteiger partial charge in [0.05, 0.1) is 6.20 Å². The lowest BCUT2D eigenvalue weighted by atomic mass is 10.2. The highest BCUT2D eigenvalue weighted by atomic mass is 32.2. The summed E-state index contributed by atoms with van der Waals surface area (Å²) in [4.78, 5) is 28.1. The van der Waals surface area contributed by atoms with Crippen LogP contribution in [0.25, 0.3) is 0 Å². The van der Waals surface area contributed by atoms with E-state index < -0.39 is 23.7 Å². The van der Waals surface area contributed by atoms with Gasteiger partial charge in [-0.2, -0.15) is 11.8 Å². The summed E-state index contributed by atoms with van der Waals surface area (Å²) in [5, 5.41) is 9.06. The molecule has 1 atom stereocenters. The second-order valence-electron chi connectivity index (χ2n) is 3.79. The Morgan fingerprint density at radius 2 is 2.28 bits per heavy atom. The maximum atomic E-state index is 12.7. The van der Waals surface area contributed by atoms with Crippen molar-refractivity contribution in [2.45, 2.75) is 6.04 Å². The van der Waals surface area contributed by atoms with E-state index in [1.54, 1.807) is 0 Å². The summed E-state index contributed by atoms with van der Waals surface area (Å²) in [5.41, 5.74) is 0.0644. The highest BCUT2D eigenvalue weighted by Crippen LogP contribution is 2.18. The first-order valence-electron chi connectivity index (χ1n) is 5.32. The Labute approximate surface area is 107 Å². The fourth-order valence-corrected chi connectivity index (χ4v) is 2.74. The average Bonchev–Trinajstić information content (AvgIpc) is 2.39. The molecule has 96 valence electrons. The molecular formula is C11H11FN2O3S. The van der Waals surface area contributed by atoms with E-state index in [9.17, 15) is 14.0 Å². The van der Waals surface area contributed by atoms with E-state index in [1.165, 1.54) is 22.7 Å². The van der Waals surface area contributed by atoms with Gasteiger partial charge in [0.2, 0.25) is 0 Å². The first-order chi connectivity index (χ1) is 8.59. The largest absolute Gasteiger partial charge is 0.480 e. The number of nitrogens with zero attached hydrogens (tertiary/aromatic N) is 2. The molecule has 2 rings (SSSR count). The molecule has 2 heterocycles. The highest BCUT2D eigenvalue weighted by Gasteiger charge is 2.33. The van der Waals surface area contributed by atoms with Gasteiger partial charge < -0.3 is 10.0 Å². The summed E-state index contributed by atoms with van der Waals surface area (Å²) < 4.78 is 12.7. The molecule has 1 aliphatic heterocycles. The first kappa shape index (κ1) is 12.8. The summed E-state index contributed by atoms with van der Waals surface area (Å²) in [6.07, 6.45) is 0.946. The second kappa shape index (κ2) is 5.34. The number of carboxylic acids is 1. The molecule has 1 unspecified atom stereocenters. The maximum absolute atomic E-state index is 12.7. The van der Waals surface area contributed by atoms with Crippen molar-refractivity contribution in [3.8, 4) is 0 Å². The molecule has 1 aliphatic rings. The number of pyridine rings is 1. The number of hydrogen-bond acceptors (Lipinski definition) is 4. The van der Waals surface area contributed by atoms with E-state index >= 15 is 0 Å². The first-order valence-corrected chi connectivity index (χ1v) is 6.48. The predicted molar refractivity (Wildman–Crippen MR) is 64.0 cm³/mol. The van der Waals surface area contributed by atoms with Crippen molar-refractivity contribution in [2.24, 2.45) is 0 Å². The third kappa shape index (κ3) is 2.61. The van der Waals surface area contributed by atoms with Gasteiger partial charge in [-0.15, -0.1) is 0 Å². The molecule has 18 heavy (non-hydrogen) atoms. The summed E-state index contributed by atoms with van der Waals surface area (Å²) >= 11 is 1.50. The Bertz CT molecular complexity index is 466. The van der Waals surface area contributed by atoms with Gasteiger partial charge in [0.25, 0.3) is 5.91 Å². The van der Waals surface area contributed by atoms with Crippen molar-refractivity contribution >= 4 is 23.6 Å². The van der Waals surface area contributed by atoms with Crippen LogP contribution in [0.4, 0.5) is 4.39 Å². The summed E-state index contributed by atoms with van der Waals surface area (Å²) in [7, 11) is 0. The lowest BCUT2D eigenvalue weighted by Crippen LogP contribution is -2.50. The van der Waals surface area contributed by atoms with Crippen LogP contribution in [0.1, 0.15) is 10.5 Å². The Kier molecular flexibility index (Phi) is 3.81. The molecule has 1 fully saturated rings. The molecule has 7 heteroatoms. The molecule has 0 saturated carbocycles. The van der Waals surface area contributed by atoms with E-state index in [4.69, 9.17) is 5.11 Å². The third-order valence-corrected chi connectivity index (χ3v) is 3.64. The number of carboxylic acid groups (broad SMARTS) is 1. The maximum Gasteiger partial charge on any atom is 0.327 e. The van der Waals surface area contributed by atoms with Crippen molar-refractivity contribution < 1.29 is 19.1 Å². The minimum Gasteiger partial charge on any atom is -0.480 e. The molecule has 0 bridgehead atoms. The van der Waals surface area contributed by atoms with E-state index in [0.717, 1.165) is 12.3 Å². The number of hydrogen-bond donors (Lipinski definition) is 1. The molecule has 1 amide bonds. The van der Waals surface area contributed by atoms with Crippen molar-refractivity contribution in [3.63, 3.8) is 0 Å². The van der Waals surface area contributed by atoms with E-state index in [2.05, 4.69) is 4.98 Å². The van der Waals surface area contributed by atoms with Crippen LogP contribution in [0.3, 0.4) is 0 Å². The van der Waals surface area contributed by atoms with Crippen LogP contribution < -0.4 is 0 Å². The second-order valence-corrected chi connectivity index (χ2v) is 4.94. The lowest BCUT2D eigenvalue weighted by molar-refractivity contribution is -0.141. The number of amides is 1. The van der Waals surface area contributed by atoms with Crippen molar-refractivity contribution in [1.82, 2.24) is 9.88 Å². The normalized spacial score (nSPS) is 19.6. The highest BCUT2D eigenvalue weighted by molar-refractivity contribution is 7.99.